The predicted octanol–water partition coefficient (Wildman–Crippen LogP) is 4.17. The first kappa shape index (κ1) is 15.0. The van der Waals surface area contributed by atoms with E-state index < -0.39 is 5.97 Å². The zero-order chi connectivity index (χ0) is 15.7. The number of benzene rings is 1. The lowest BCUT2D eigenvalue weighted by atomic mass is 10.2. The van der Waals surface area contributed by atoms with E-state index in [4.69, 9.17) is 9.47 Å². The van der Waals surface area contributed by atoms with Crippen LogP contribution in [0.1, 0.15) is 16.0 Å². The zero-order valence-corrected chi connectivity index (χ0v) is 14.3. The molecule has 0 bridgehead atoms. The van der Waals surface area contributed by atoms with Gasteiger partial charge in [0, 0.05) is 9.35 Å². The molecule has 2 aromatic rings. The van der Waals surface area contributed by atoms with E-state index in [9.17, 15) is 4.79 Å². The Balaban J connectivity index is 1.97. The van der Waals surface area contributed by atoms with Crippen molar-refractivity contribution in [2.45, 2.75) is 6.92 Å². The average Bonchev–Trinajstić information content (AvgIpc) is 3.06. The first-order valence-corrected chi connectivity index (χ1v) is 8.16. The number of hydrogen-bond acceptors (Lipinski definition) is 5. The largest absolute Gasteiger partial charge is 0.497 e. The van der Waals surface area contributed by atoms with Gasteiger partial charge in [-0.05, 0) is 64.1 Å². The number of rotatable bonds is 3. The van der Waals surface area contributed by atoms with Gasteiger partial charge in [0.1, 0.15) is 5.75 Å². The molecule has 0 N–H and O–H groups in total. The number of ether oxygens (including phenoxy) is 2. The van der Waals surface area contributed by atoms with Crippen LogP contribution in [-0.4, -0.2) is 19.0 Å². The highest BCUT2D eigenvalue weighted by molar-refractivity contribution is 9.10. The van der Waals surface area contributed by atoms with Crippen LogP contribution in [0.5, 0.6) is 5.75 Å². The summed E-state index contributed by atoms with van der Waals surface area (Å²) in [6.07, 6.45) is 1.76. The van der Waals surface area contributed by atoms with Crippen molar-refractivity contribution in [3.63, 3.8) is 0 Å². The minimum atomic E-state index is -0.439. The normalized spacial score (nSPS) is 15.9. The summed E-state index contributed by atoms with van der Waals surface area (Å²) in [4.78, 5) is 17.3. The molecule has 1 aromatic heterocycles. The van der Waals surface area contributed by atoms with Gasteiger partial charge in [-0.25, -0.2) is 9.79 Å². The smallest absolute Gasteiger partial charge is 0.363 e. The van der Waals surface area contributed by atoms with Gasteiger partial charge >= 0.3 is 5.97 Å². The van der Waals surface area contributed by atoms with Crippen LogP contribution in [0.2, 0.25) is 0 Å². The Labute approximate surface area is 140 Å². The van der Waals surface area contributed by atoms with E-state index in [1.807, 2.05) is 18.4 Å². The topological polar surface area (TPSA) is 47.9 Å². The van der Waals surface area contributed by atoms with Gasteiger partial charge in [-0.1, -0.05) is 0 Å². The summed E-state index contributed by atoms with van der Waals surface area (Å²) in [5.74, 6) is 0.566. The number of halogens is 1. The van der Waals surface area contributed by atoms with Crippen LogP contribution < -0.4 is 4.74 Å². The molecule has 4 nitrogen and oxygen atoms in total. The van der Waals surface area contributed by atoms with Gasteiger partial charge in [-0.2, -0.15) is 0 Å². The molecule has 0 saturated heterocycles. The Bertz CT molecular complexity index is 807. The third-order valence-electron chi connectivity index (χ3n) is 3.20. The van der Waals surface area contributed by atoms with Crippen LogP contribution in [0, 0.1) is 6.92 Å². The average molecular weight is 378 g/mol. The summed E-state index contributed by atoms with van der Waals surface area (Å²) < 4.78 is 11.2. The highest BCUT2D eigenvalue weighted by atomic mass is 79.9. The molecule has 1 aromatic carbocycles. The van der Waals surface area contributed by atoms with Crippen molar-refractivity contribution in [1.29, 1.82) is 0 Å². The molecule has 112 valence electrons. The minimum absolute atomic E-state index is 0.292. The van der Waals surface area contributed by atoms with Crippen LogP contribution in [0.4, 0.5) is 0 Å². The standard InChI is InChI=1S/C16H12BrNO3S/c1-9-5-6-22-14(9)8-13-16(19)21-15(18-13)11-4-3-10(20-2)7-12(11)17/h3-8H,1-2H3/b13-8-. The molecule has 0 fully saturated rings. The first-order chi connectivity index (χ1) is 10.6. The summed E-state index contributed by atoms with van der Waals surface area (Å²) in [6.45, 7) is 1.99. The number of carbonyl (C=O) groups excluding carboxylic acids is 1. The molecule has 0 atom stereocenters. The Kier molecular flexibility index (Phi) is 4.13. The molecule has 6 heteroatoms. The highest BCUT2D eigenvalue weighted by Gasteiger charge is 2.25. The van der Waals surface area contributed by atoms with Gasteiger partial charge < -0.3 is 9.47 Å². The molecule has 3 rings (SSSR count). The Morgan fingerprint density at radius 2 is 2.18 bits per heavy atom. The molecular formula is C16H12BrNO3S. The highest BCUT2D eigenvalue weighted by Crippen LogP contribution is 2.28. The van der Waals surface area contributed by atoms with Gasteiger partial charge in [0.2, 0.25) is 5.90 Å². The molecule has 0 radical (unpaired) electrons. The monoisotopic (exact) mass is 377 g/mol. The minimum Gasteiger partial charge on any atom is -0.497 e. The fourth-order valence-corrected chi connectivity index (χ4v) is 3.36. The fraction of sp³-hybridized carbons (Fsp3) is 0.125. The van der Waals surface area contributed by atoms with Crippen LogP contribution in [0.25, 0.3) is 6.08 Å². The number of esters is 1. The van der Waals surface area contributed by atoms with Crippen LogP contribution in [0.15, 0.2) is 44.8 Å². The van der Waals surface area contributed by atoms with Crippen LogP contribution in [0.3, 0.4) is 0 Å². The fourth-order valence-electron chi connectivity index (χ4n) is 1.98. The lowest BCUT2D eigenvalue weighted by Gasteiger charge is -2.05. The Morgan fingerprint density at radius 3 is 2.82 bits per heavy atom. The van der Waals surface area contributed by atoms with Crippen molar-refractivity contribution in [3.05, 3.63) is 55.8 Å². The van der Waals surface area contributed by atoms with Crippen molar-refractivity contribution in [2.75, 3.05) is 7.11 Å². The van der Waals surface area contributed by atoms with E-state index in [1.165, 1.54) is 0 Å². The summed E-state index contributed by atoms with van der Waals surface area (Å²) in [5.41, 5.74) is 2.13. The predicted molar refractivity (Wildman–Crippen MR) is 90.4 cm³/mol. The number of nitrogens with zero attached hydrogens (tertiary/aromatic N) is 1. The van der Waals surface area contributed by atoms with E-state index in [2.05, 4.69) is 20.9 Å². The van der Waals surface area contributed by atoms with Crippen LogP contribution >= 0.6 is 27.3 Å². The third kappa shape index (κ3) is 2.84. The second kappa shape index (κ2) is 6.06. The maximum absolute atomic E-state index is 12.0. The molecule has 0 aliphatic carbocycles. The van der Waals surface area contributed by atoms with Gasteiger partial charge in [0.25, 0.3) is 0 Å². The van der Waals surface area contributed by atoms with Crippen LogP contribution in [-0.2, 0) is 9.53 Å². The lowest BCUT2D eigenvalue weighted by molar-refractivity contribution is -0.129. The first-order valence-electron chi connectivity index (χ1n) is 6.49. The molecule has 0 amide bonds. The van der Waals surface area contributed by atoms with Crippen molar-refractivity contribution in [3.8, 4) is 5.75 Å². The van der Waals surface area contributed by atoms with Crippen molar-refractivity contribution in [1.82, 2.24) is 0 Å². The number of thiophene rings is 1. The maximum atomic E-state index is 12.0. The van der Waals surface area contributed by atoms with Gasteiger partial charge in [-0.15, -0.1) is 11.3 Å². The van der Waals surface area contributed by atoms with E-state index >= 15 is 0 Å². The SMILES string of the molecule is COc1ccc(C2=N/C(=C\c3sccc3C)C(=O)O2)c(Br)c1. The lowest BCUT2D eigenvalue weighted by Crippen LogP contribution is -2.06. The summed E-state index contributed by atoms with van der Waals surface area (Å²) >= 11 is 5.00. The van der Waals surface area contributed by atoms with E-state index in [1.54, 1.807) is 42.7 Å². The molecule has 0 spiro atoms. The number of cyclic esters (lactones) is 1. The molecule has 22 heavy (non-hydrogen) atoms. The van der Waals surface area contributed by atoms with Crippen molar-refractivity contribution >= 4 is 45.2 Å². The Hall–Kier alpha value is -1.92. The van der Waals surface area contributed by atoms with E-state index in [0.717, 1.165) is 14.9 Å². The van der Waals surface area contributed by atoms with E-state index in [-0.39, 0.29) is 0 Å². The second-order valence-electron chi connectivity index (χ2n) is 4.65. The summed E-state index contributed by atoms with van der Waals surface area (Å²) in [5, 5.41) is 1.98. The summed E-state index contributed by atoms with van der Waals surface area (Å²) in [7, 11) is 1.60. The van der Waals surface area contributed by atoms with Crippen molar-refractivity contribution < 1.29 is 14.3 Å². The molecule has 1 aliphatic heterocycles. The molecule has 1 aliphatic rings. The maximum Gasteiger partial charge on any atom is 0.363 e. The molecule has 2 heterocycles. The number of carbonyl (C=O) groups is 1. The van der Waals surface area contributed by atoms with Crippen molar-refractivity contribution in [2.24, 2.45) is 4.99 Å². The van der Waals surface area contributed by atoms with E-state index in [0.29, 0.717) is 22.9 Å². The number of methoxy groups -OCH3 is 1. The van der Waals surface area contributed by atoms with Gasteiger partial charge in [0.15, 0.2) is 5.70 Å². The third-order valence-corrected chi connectivity index (χ3v) is 4.82. The zero-order valence-electron chi connectivity index (χ0n) is 11.9. The summed E-state index contributed by atoms with van der Waals surface area (Å²) in [6, 6.07) is 7.40. The molecular weight excluding hydrogens is 366 g/mol. The number of hydrogen-bond donors (Lipinski definition) is 0. The number of aryl methyl sites for hydroxylation is 1. The number of aliphatic imine (C=N–C) groups is 1. The Morgan fingerprint density at radius 1 is 1.36 bits per heavy atom. The second-order valence-corrected chi connectivity index (χ2v) is 6.45. The molecule has 0 saturated carbocycles. The quantitative estimate of drug-likeness (QED) is 0.595. The van der Waals surface area contributed by atoms with Gasteiger partial charge in [0.05, 0.1) is 12.7 Å². The van der Waals surface area contributed by atoms with Gasteiger partial charge in [-0.3, -0.25) is 0 Å². The molecule has 0 unspecified atom stereocenters.